The van der Waals surface area contributed by atoms with E-state index in [9.17, 15) is 4.79 Å². The van der Waals surface area contributed by atoms with E-state index in [-0.39, 0.29) is 11.6 Å². The molecular weight excluding hydrogens is 254 g/mol. The minimum Gasteiger partial charge on any atom is -0.478 e. The average Bonchev–Trinajstić information content (AvgIpc) is 2.45. The van der Waals surface area contributed by atoms with Gasteiger partial charge in [-0.1, -0.05) is 29.8 Å². The van der Waals surface area contributed by atoms with Gasteiger partial charge in [-0.25, -0.2) is 14.8 Å². The van der Waals surface area contributed by atoms with Gasteiger partial charge in [0.15, 0.2) is 0 Å². The molecule has 20 heavy (non-hydrogen) atoms. The van der Waals surface area contributed by atoms with E-state index in [0.717, 1.165) is 5.56 Å². The second kappa shape index (κ2) is 6.25. The molecular formula is C15H17N3O2. The molecule has 0 aliphatic heterocycles. The zero-order valence-corrected chi connectivity index (χ0v) is 11.5. The highest BCUT2D eigenvalue weighted by atomic mass is 16.4. The fourth-order valence-corrected chi connectivity index (χ4v) is 1.90. The van der Waals surface area contributed by atoms with Crippen molar-refractivity contribution >= 4 is 5.97 Å². The summed E-state index contributed by atoms with van der Waals surface area (Å²) in [6.45, 7) is 4.47. The van der Waals surface area contributed by atoms with Gasteiger partial charge in [0.05, 0.1) is 5.69 Å². The number of aromatic nitrogens is 2. The van der Waals surface area contributed by atoms with Crippen LogP contribution in [0.15, 0.2) is 36.8 Å². The maximum Gasteiger partial charge on any atom is 0.339 e. The number of carbonyl (C=O) groups is 1. The number of carboxylic acids is 1. The minimum atomic E-state index is -1.01. The molecule has 0 saturated carbocycles. The molecule has 1 atom stereocenters. The Hall–Kier alpha value is -2.27. The number of aryl methyl sites for hydroxylation is 1. The molecule has 1 aromatic carbocycles. The summed E-state index contributed by atoms with van der Waals surface area (Å²) in [5.41, 5.74) is 2.99. The van der Waals surface area contributed by atoms with Gasteiger partial charge in [0, 0.05) is 18.8 Å². The summed E-state index contributed by atoms with van der Waals surface area (Å²) in [4.78, 5) is 18.8. The number of rotatable bonds is 5. The van der Waals surface area contributed by atoms with E-state index in [1.54, 1.807) is 0 Å². The summed E-state index contributed by atoms with van der Waals surface area (Å²) in [7, 11) is 0. The highest BCUT2D eigenvalue weighted by Gasteiger charge is 2.12. The topological polar surface area (TPSA) is 75.1 Å². The lowest BCUT2D eigenvalue weighted by atomic mass is 10.1. The van der Waals surface area contributed by atoms with E-state index in [4.69, 9.17) is 5.11 Å². The van der Waals surface area contributed by atoms with Crippen molar-refractivity contribution in [3.05, 3.63) is 59.2 Å². The van der Waals surface area contributed by atoms with Gasteiger partial charge in [0.25, 0.3) is 0 Å². The molecule has 1 heterocycles. The van der Waals surface area contributed by atoms with Crippen LogP contribution >= 0.6 is 0 Å². The van der Waals surface area contributed by atoms with Crippen LogP contribution in [-0.2, 0) is 6.54 Å². The summed E-state index contributed by atoms with van der Waals surface area (Å²) >= 11 is 0. The molecule has 0 radical (unpaired) electrons. The highest BCUT2D eigenvalue weighted by molar-refractivity contribution is 5.88. The van der Waals surface area contributed by atoms with Crippen LogP contribution in [0.1, 0.15) is 40.1 Å². The lowest BCUT2D eigenvalue weighted by Crippen LogP contribution is -2.20. The van der Waals surface area contributed by atoms with Crippen LogP contribution in [0.4, 0.5) is 0 Å². The van der Waals surface area contributed by atoms with E-state index in [1.165, 1.54) is 18.1 Å². The molecule has 0 bridgehead atoms. The molecule has 104 valence electrons. The number of nitrogens with zero attached hydrogens (tertiary/aromatic N) is 2. The van der Waals surface area contributed by atoms with Crippen LogP contribution in [0.2, 0.25) is 0 Å². The molecule has 5 nitrogen and oxygen atoms in total. The first kappa shape index (κ1) is 14.1. The maximum absolute atomic E-state index is 11.1. The SMILES string of the molecule is Cc1ccc([C@H](C)NCc2ncncc2C(=O)O)cc1. The molecule has 2 N–H and O–H groups in total. The van der Waals surface area contributed by atoms with Gasteiger partial charge in [-0.2, -0.15) is 0 Å². The molecule has 0 aliphatic rings. The molecule has 1 aromatic heterocycles. The van der Waals surface area contributed by atoms with Crippen LogP contribution in [-0.4, -0.2) is 21.0 Å². The van der Waals surface area contributed by atoms with Crippen molar-refractivity contribution in [2.45, 2.75) is 26.4 Å². The van der Waals surface area contributed by atoms with Crippen LogP contribution < -0.4 is 5.32 Å². The zero-order valence-electron chi connectivity index (χ0n) is 11.5. The van der Waals surface area contributed by atoms with Crippen molar-refractivity contribution in [1.29, 1.82) is 0 Å². The summed E-state index contributed by atoms with van der Waals surface area (Å²) < 4.78 is 0. The van der Waals surface area contributed by atoms with Crippen LogP contribution in [0.5, 0.6) is 0 Å². The third-order valence-corrected chi connectivity index (χ3v) is 3.18. The quantitative estimate of drug-likeness (QED) is 0.873. The summed E-state index contributed by atoms with van der Waals surface area (Å²) in [5.74, 6) is -1.01. The van der Waals surface area contributed by atoms with Crippen molar-refractivity contribution in [3.63, 3.8) is 0 Å². The number of hydrogen-bond acceptors (Lipinski definition) is 4. The zero-order chi connectivity index (χ0) is 14.5. The smallest absolute Gasteiger partial charge is 0.339 e. The summed E-state index contributed by atoms with van der Waals surface area (Å²) in [5, 5.41) is 12.3. The second-order valence-electron chi connectivity index (χ2n) is 4.70. The van der Waals surface area contributed by atoms with Crippen LogP contribution in [0.3, 0.4) is 0 Å². The monoisotopic (exact) mass is 271 g/mol. The first-order chi connectivity index (χ1) is 9.58. The minimum absolute atomic E-state index is 0.118. The Labute approximate surface area is 117 Å². The van der Waals surface area contributed by atoms with Crippen LogP contribution in [0.25, 0.3) is 0 Å². The lowest BCUT2D eigenvalue weighted by Gasteiger charge is -2.14. The average molecular weight is 271 g/mol. The maximum atomic E-state index is 11.1. The molecule has 5 heteroatoms. The van der Waals surface area contributed by atoms with E-state index < -0.39 is 5.97 Å². The molecule has 0 amide bonds. The Kier molecular flexibility index (Phi) is 4.42. The van der Waals surface area contributed by atoms with E-state index in [2.05, 4.69) is 39.6 Å². The predicted molar refractivity (Wildman–Crippen MR) is 75.4 cm³/mol. The van der Waals surface area contributed by atoms with Crippen molar-refractivity contribution in [1.82, 2.24) is 15.3 Å². The fourth-order valence-electron chi connectivity index (χ4n) is 1.90. The number of aromatic carboxylic acids is 1. The van der Waals surface area contributed by atoms with Crippen molar-refractivity contribution in [2.75, 3.05) is 0 Å². The molecule has 0 aliphatic carbocycles. The standard InChI is InChI=1S/C15H17N3O2/c1-10-3-5-12(6-4-10)11(2)17-8-14-13(15(19)20)7-16-9-18-14/h3-7,9,11,17H,8H2,1-2H3,(H,19,20)/t11-/m0/s1. The molecule has 0 saturated heterocycles. The van der Waals surface area contributed by atoms with Gasteiger partial charge >= 0.3 is 5.97 Å². The third kappa shape index (κ3) is 3.39. The summed E-state index contributed by atoms with van der Waals surface area (Å²) in [6, 6.07) is 8.35. The van der Waals surface area contributed by atoms with Crippen molar-refractivity contribution < 1.29 is 9.90 Å². The van der Waals surface area contributed by atoms with Crippen LogP contribution in [0, 0.1) is 6.92 Å². The second-order valence-corrected chi connectivity index (χ2v) is 4.70. The number of hydrogen-bond donors (Lipinski definition) is 2. The normalized spacial score (nSPS) is 12.1. The first-order valence-electron chi connectivity index (χ1n) is 6.40. The summed E-state index contributed by atoms with van der Waals surface area (Å²) in [6.07, 6.45) is 2.68. The molecule has 0 fully saturated rings. The van der Waals surface area contributed by atoms with Gasteiger partial charge in [0.2, 0.25) is 0 Å². The van der Waals surface area contributed by atoms with Gasteiger partial charge < -0.3 is 10.4 Å². The Balaban J connectivity index is 2.05. The predicted octanol–water partition coefficient (Wildman–Crippen LogP) is 2.33. The Morgan fingerprint density at radius 3 is 2.70 bits per heavy atom. The van der Waals surface area contributed by atoms with Crippen molar-refractivity contribution in [2.24, 2.45) is 0 Å². The Bertz CT molecular complexity index is 596. The molecule has 0 spiro atoms. The number of nitrogens with one attached hydrogen (secondary N) is 1. The largest absolute Gasteiger partial charge is 0.478 e. The third-order valence-electron chi connectivity index (χ3n) is 3.18. The lowest BCUT2D eigenvalue weighted by molar-refractivity contribution is 0.0694. The molecule has 0 unspecified atom stereocenters. The molecule has 2 aromatic rings. The fraction of sp³-hybridized carbons (Fsp3) is 0.267. The highest BCUT2D eigenvalue weighted by Crippen LogP contribution is 2.14. The molecule has 2 rings (SSSR count). The number of carboxylic acid groups (broad SMARTS) is 1. The first-order valence-corrected chi connectivity index (χ1v) is 6.40. The van der Waals surface area contributed by atoms with Gasteiger partial charge in [-0.15, -0.1) is 0 Å². The van der Waals surface area contributed by atoms with E-state index in [0.29, 0.717) is 12.2 Å². The van der Waals surface area contributed by atoms with E-state index in [1.807, 2.05) is 13.8 Å². The van der Waals surface area contributed by atoms with E-state index >= 15 is 0 Å². The van der Waals surface area contributed by atoms with Gasteiger partial charge in [0.1, 0.15) is 11.9 Å². The number of benzene rings is 1. The Morgan fingerprint density at radius 1 is 1.35 bits per heavy atom. The van der Waals surface area contributed by atoms with Crippen molar-refractivity contribution in [3.8, 4) is 0 Å². The van der Waals surface area contributed by atoms with Gasteiger partial charge in [-0.3, -0.25) is 0 Å². The Morgan fingerprint density at radius 2 is 2.05 bits per heavy atom. The van der Waals surface area contributed by atoms with Gasteiger partial charge in [-0.05, 0) is 19.4 Å².